The molecule has 1 aromatic heterocycles. The molecule has 4 heteroatoms. The molecule has 2 N–H and O–H groups in total. The molecule has 0 aliphatic carbocycles. The maximum Gasteiger partial charge on any atom is 0.0962 e. The molecule has 4 nitrogen and oxygen atoms in total. The van der Waals surface area contributed by atoms with Crippen LogP contribution in [0.1, 0.15) is 11.3 Å². The van der Waals surface area contributed by atoms with Crippen molar-refractivity contribution in [2.45, 2.75) is 13.1 Å². The molecular weight excluding hydrogens is 176 g/mol. The molecule has 0 radical (unpaired) electrons. The van der Waals surface area contributed by atoms with Gasteiger partial charge in [-0.1, -0.05) is 35.5 Å². The first-order chi connectivity index (χ1) is 6.95. The van der Waals surface area contributed by atoms with Gasteiger partial charge in [0.05, 0.1) is 5.69 Å². The molecule has 0 aliphatic rings. The van der Waals surface area contributed by atoms with Crippen molar-refractivity contribution in [3.05, 3.63) is 47.8 Å². The van der Waals surface area contributed by atoms with Gasteiger partial charge in [-0.15, -0.1) is 5.10 Å². The summed E-state index contributed by atoms with van der Waals surface area (Å²) in [6.07, 6.45) is 1.79. The zero-order valence-electron chi connectivity index (χ0n) is 7.77. The number of nitrogens with one attached hydrogen (secondary N) is 2. The van der Waals surface area contributed by atoms with E-state index >= 15 is 0 Å². The average Bonchev–Trinajstić information content (AvgIpc) is 2.72. The zero-order chi connectivity index (χ0) is 9.64. The number of H-pyrrole nitrogens is 1. The Hall–Kier alpha value is -1.68. The van der Waals surface area contributed by atoms with Crippen LogP contribution in [-0.2, 0) is 13.1 Å². The molecule has 0 amide bonds. The molecule has 0 atom stereocenters. The third-order valence-electron chi connectivity index (χ3n) is 1.95. The van der Waals surface area contributed by atoms with Gasteiger partial charge in [0.2, 0.25) is 0 Å². The summed E-state index contributed by atoms with van der Waals surface area (Å²) in [5.74, 6) is 0. The van der Waals surface area contributed by atoms with Gasteiger partial charge < -0.3 is 5.32 Å². The second kappa shape index (κ2) is 4.53. The lowest BCUT2D eigenvalue weighted by atomic mass is 10.2. The fraction of sp³-hybridized carbons (Fsp3) is 0.200. The predicted octanol–water partition coefficient (Wildman–Crippen LogP) is 1.09. The first-order valence-electron chi connectivity index (χ1n) is 4.55. The van der Waals surface area contributed by atoms with E-state index in [1.54, 1.807) is 6.20 Å². The monoisotopic (exact) mass is 188 g/mol. The molecule has 0 aliphatic heterocycles. The lowest BCUT2D eigenvalue weighted by Gasteiger charge is -2.01. The van der Waals surface area contributed by atoms with Crippen LogP contribution in [0.4, 0.5) is 0 Å². The summed E-state index contributed by atoms with van der Waals surface area (Å²) in [6.45, 7) is 1.60. The highest BCUT2D eigenvalue weighted by atomic mass is 15.3. The lowest BCUT2D eigenvalue weighted by molar-refractivity contribution is 0.677. The number of rotatable bonds is 4. The first-order valence-corrected chi connectivity index (χ1v) is 4.55. The van der Waals surface area contributed by atoms with Gasteiger partial charge in [-0.2, -0.15) is 0 Å². The minimum Gasteiger partial charge on any atom is -0.307 e. The van der Waals surface area contributed by atoms with E-state index in [1.807, 2.05) is 18.2 Å². The minimum atomic E-state index is 0.741. The molecular formula is C10H12N4. The van der Waals surface area contributed by atoms with E-state index in [-0.39, 0.29) is 0 Å². The van der Waals surface area contributed by atoms with E-state index < -0.39 is 0 Å². The third kappa shape index (κ3) is 2.40. The Kier molecular flexibility index (Phi) is 2.88. The number of hydrogen-bond acceptors (Lipinski definition) is 3. The van der Waals surface area contributed by atoms with E-state index in [2.05, 4.69) is 32.9 Å². The Labute approximate surface area is 82.4 Å². The lowest BCUT2D eigenvalue weighted by Crippen LogP contribution is -2.12. The van der Waals surface area contributed by atoms with Crippen molar-refractivity contribution < 1.29 is 0 Å². The van der Waals surface area contributed by atoms with Crippen LogP contribution >= 0.6 is 0 Å². The highest BCUT2D eigenvalue weighted by Gasteiger charge is 1.94. The Bertz CT molecular complexity index is 355. The SMILES string of the molecule is c1ccc(CNCc2c[nH]nn2)cc1. The van der Waals surface area contributed by atoms with Crippen molar-refractivity contribution in [3.63, 3.8) is 0 Å². The van der Waals surface area contributed by atoms with E-state index in [9.17, 15) is 0 Å². The summed E-state index contributed by atoms with van der Waals surface area (Å²) in [5.41, 5.74) is 2.21. The fourth-order valence-corrected chi connectivity index (χ4v) is 1.24. The summed E-state index contributed by atoms with van der Waals surface area (Å²) < 4.78 is 0. The Balaban J connectivity index is 1.79. The Morgan fingerprint density at radius 1 is 1.14 bits per heavy atom. The van der Waals surface area contributed by atoms with Crippen molar-refractivity contribution in [3.8, 4) is 0 Å². The van der Waals surface area contributed by atoms with Gasteiger partial charge in [0.15, 0.2) is 0 Å². The van der Waals surface area contributed by atoms with Crippen molar-refractivity contribution in [1.29, 1.82) is 0 Å². The molecule has 0 saturated heterocycles. The van der Waals surface area contributed by atoms with Gasteiger partial charge in [0.1, 0.15) is 0 Å². The van der Waals surface area contributed by atoms with Crippen LogP contribution in [-0.4, -0.2) is 15.4 Å². The molecule has 1 heterocycles. The molecule has 0 spiro atoms. The second-order valence-corrected chi connectivity index (χ2v) is 3.05. The average molecular weight is 188 g/mol. The summed E-state index contributed by atoms with van der Waals surface area (Å²) in [6, 6.07) is 10.3. The van der Waals surface area contributed by atoms with Crippen molar-refractivity contribution in [2.24, 2.45) is 0 Å². The van der Waals surface area contributed by atoms with Crippen LogP contribution in [0.5, 0.6) is 0 Å². The number of aromatic amines is 1. The predicted molar refractivity (Wildman–Crippen MR) is 53.4 cm³/mol. The number of nitrogens with zero attached hydrogens (tertiary/aromatic N) is 2. The zero-order valence-corrected chi connectivity index (χ0v) is 7.77. The number of hydrogen-bond donors (Lipinski definition) is 2. The van der Waals surface area contributed by atoms with E-state index in [0.717, 1.165) is 18.8 Å². The van der Waals surface area contributed by atoms with Gasteiger partial charge in [0, 0.05) is 19.3 Å². The van der Waals surface area contributed by atoms with Gasteiger partial charge in [-0.05, 0) is 5.56 Å². The molecule has 72 valence electrons. The highest BCUT2D eigenvalue weighted by molar-refractivity contribution is 5.14. The van der Waals surface area contributed by atoms with Gasteiger partial charge >= 0.3 is 0 Å². The van der Waals surface area contributed by atoms with E-state index in [0.29, 0.717) is 0 Å². The van der Waals surface area contributed by atoms with E-state index in [4.69, 9.17) is 0 Å². The molecule has 1 aromatic carbocycles. The van der Waals surface area contributed by atoms with Crippen molar-refractivity contribution >= 4 is 0 Å². The number of aromatic nitrogens is 3. The third-order valence-corrected chi connectivity index (χ3v) is 1.95. The second-order valence-electron chi connectivity index (χ2n) is 3.05. The summed E-state index contributed by atoms with van der Waals surface area (Å²) in [5, 5.41) is 13.5. The topological polar surface area (TPSA) is 53.6 Å². The minimum absolute atomic E-state index is 0.741. The smallest absolute Gasteiger partial charge is 0.0962 e. The van der Waals surface area contributed by atoms with Gasteiger partial charge in [-0.25, -0.2) is 0 Å². The van der Waals surface area contributed by atoms with Crippen molar-refractivity contribution in [1.82, 2.24) is 20.7 Å². The van der Waals surface area contributed by atoms with Crippen LogP contribution in [0.25, 0.3) is 0 Å². The van der Waals surface area contributed by atoms with Crippen LogP contribution < -0.4 is 5.32 Å². The maximum atomic E-state index is 3.88. The van der Waals surface area contributed by atoms with Crippen LogP contribution in [0, 0.1) is 0 Å². The highest BCUT2D eigenvalue weighted by Crippen LogP contribution is 1.97. The van der Waals surface area contributed by atoms with Crippen LogP contribution in [0.3, 0.4) is 0 Å². The van der Waals surface area contributed by atoms with Gasteiger partial charge in [-0.3, -0.25) is 5.10 Å². The maximum absolute atomic E-state index is 3.88. The molecule has 14 heavy (non-hydrogen) atoms. The molecule has 0 saturated carbocycles. The molecule has 0 fully saturated rings. The Morgan fingerprint density at radius 2 is 2.00 bits per heavy atom. The quantitative estimate of drug-likeness (QED) is 0.755. The molecule has 2 rings (SSSR count). The largest absolute Gasteiger partial charge is 0.307 e. The first kappa shape index (κ1) is 8.90. The molecule has 0 unspecified atom stereocenters. The van der Waals surface area contributed by atoms with Crippen molar-refractivity contribution in [2.75, 3.05) is 0 Å². The normalized spacial score (nSPS) is 10.3. The Morgan fingerprint density at radius 3 is 2.71 bits per heavy atom. The summed E-state index contributed by atoms with van der Waals surface area (Å²) in [4.78, 5) is 0. The van der Waals surface area contributed by atoms with Crippen LogP contribution in [0.15, 0.2) is 36.5 Å². The molecule has 2 aromatic rings. The summed E-state index contributed by atoms with van der Waals surface area (Å²) >= 11 is 0. The van der Waals surface area contributed by atoms with Crippen LogP contribution in [0.2, 0.25) is 0 Å². The van der Waals surface area contributed by atoms with E-state index in [1.165, 1.54) is 5.56 Å². The standard InChI is InChI=1S/C10H12N4/c1-2-4-9(5-3-1)6-11-7-10-8-12-14-13-10/h1-5,8,11H,6-7H2,(H,12,13,14). The molecule has 0 bridgehead atoms. The fourth-order valence-electron chi connectivity index (χ4n) is 1.24. The number of benzene rings is 1. The van der Waals surface area contributed by atoms with Gasteiger partial charge in [0.25, 0.3) is 0 Å². The summed E-state index contributed by atoms with van der Waals surface area (Å²) in [7, 11) is 0.